The fourth-order valence-corrected chi connectivity index (χ4v) is 4.36. The third kappa shape index (κ3) is 6.40. The highest BCUT2D eigenvalue weighted by Gasteiger charge is 2.24. The van der Waals surface area contributed by atoms with Gasteiger partial charge in [-0.15, -0.1) is 0 Å². The van der Waals surface area contributed by atoms with Crippen molar-refractivity contribution in [3.05, 3.63) is 105 Å². The minimum absolute atomic E-state index is 0.127. The first-order valence-electron chi connectivity index (χ1n) is 11.9. The van der Waals surface area contributed by atoms with Crippen molar-refractivity contribution in [2.24, 2.45) is 11.0 Å². The van der Waals surface area contributed by atoms with E-state index in [1.54, 1.807) is 24.4 Å². The molecule has 1 heterocycles. The van der Waals surface area contributed by atoms with Gasteiger partial charge in [-0.2, -0.15) is 5.10 Å². The summed E-state index contributed by atoms with van der Waals surface area (Å²) in [5, 5.41) is 9.04. The summed E-state index contributed by atoms with van der Waals surface area (Å²) in [5.74, 6) is -0.813. The molecule has 0 aliphatic heterocycles. The van der Waals surface area contributed by atoms with Crippen molar-refractivity contribution in [2.75, 3.05) is 0 Å². The third-order valence-corrected chi connectivity index (χ3v) is 6.82. The maximum atomic E-state index is 12.9. The molecule has 190 valence electrons. The predicted octanol–water partition coefficient (Wildman–Crippen LogP) is 6.21. The molecule has 1 atom stereocenters. The van der Waals surface area contributed by atoms with Gasteiger partial charge in [0.1, 0.15) is 6.04 Å². The Morgan fingerprint density at radius 3 is 2.43 bits per heavy atom. The van der Waals surface area contributed by atoms with Crippen LogP contribution in [0.25, 0.3) is 10.9 Å². The lowest BCUT2D eigenvalue weighted by molar-refractivity contribution is -0.123. The average Bonchev–Trinajstić information content (AvgIpc) is 3.22. The van der Waals surface area contributed by atoms with Crippen LogP contribution in [0.15, 0.2) is 78.0 Å². The van der Waals surface area contributed by atoms with Crippen molar-refractivity contribution in [2.45, 2.75) is 33.4 Å². The number of hydrogen-bond donors (Lipinski definition) is 2. The number of benzene rings is 3. The molecule has 2 amide bonds. The van der Waals surface area contributed by atoms with Gasteiger partial charge in [-0.3, -0.25) is 9.59 Å². The summed E-state index contributed by atoms with van der Waals surface area (Å²) in [7, 11) is 0. The molecule has 0 fully saturated rings. The van der Waals surface area contributed by atoms with Crippen LogP contribution in [-0.4, -0.2) is 28.6 Å². The SMILES string of the molecule is Cc1ccc(C(=O)NC(C(=O)N/N=C\c2cn(Cc3ccc(Cl)c(Cl)c3)c3ccccc23)C(C)C)cc1. The lowest BCUT2D eigenvalue weighted by Gasteiger charge is -2.20. The summed E-state index contributed by atoms with van der Waals surface area (Å²) >= 11 is 12.3. The molecular formula is C29H28Cl2N4O2. The van der Waals surface area contributed by atoms with E-state index < -0.39 is 6.04 Å². The number of hydrogen-bond acceptors (Lipinski definition) is 3. The van der Waals surface area contributed by atoms with E-state index >= 15 is 0 Å². The van der Waals surface area contributed by atoms with Crippen molar-refractivity contribution < 1.29 is 9.59 Å². The molecule has 0 aliphatic carbocycles. The number of nitrogens with zero attached hydrogens (tertiary/aromatic N) is 2. The molecule has 0 spiro atoms. The highest BCUT2D eigenvalue weighted by atomic mass is 35.5. The Hall–Kier alpha value is -3.61. The summed E-state index contributed by atoms with van der Waals surface area (Å²) in [4.78, 5) is 25.6. The number of carbonyl (C=O) groups is 2. The van der Waals surface area contributed by atoms with E-state index in [0.29, 0.717) is 22.2 Å². The van der Waals surface area contributed by atoms with Gasteiger partial charge in [-0.05, 0) is 48.7 Å². The maximum absolute atomic E-state index is 12.9. The summed E-state index contributed by atoms with van der Waals surface area (Å²) in [5.41, 5.74) is 7.03. The second-order valence-electron chi connectivity index (χ2n) is 9.27. The first-order valence-corrected chi connectivity index (χ1v) is 12.7. The van der Waals surface area contributed by atoms with Crippen LogP contribution in [0.2, 0.25) is 10.0 Å². The van der Waals surface area contributed by atoms with Crippen LogP contribution in [0.4, 0.5) is 0 Å². The molecule has 1 aromatic heterocycles. The molecule has 2 N–H and O–H groups in total. The van der Waals surface area contributed by atoms with E-state index in [0.717, 1.165) is 27.6 Å². The van der Waals surface area contributed by atoms with Gasteiger partial charge in [0.15, 0.2) is 0 Å². The molecule has 0 aliphatic rings. The van der Waals surface area contributed by atoms with Gasteiger partial charge in [-0.1, -0.05) is 79.0 Å². The number of para-hydroxylation sites is 1. The van der Waals surface area contributed by atoms with Crippen LogP contribution in [0, 0.1) is 12.8 Å². The Balaban J connectivity index is 1.48. The summed E-state index contributed by atoms with van der Waals surface area (Å²) in [6, 6.07) is 20.0. The van der Waals surface area contributed by atoms with Crippen molar-refractivity contribution in [3.63, 3.8) is 0 Å². The Kier molecular flexibility index (Phi) is 8.31. The van der Waals surface area contributed by atoms with E-state index in [2.05, 4.69) is 20.4 Å². The molecular weight excluding hydrogens is 507 g/mol. The van der Waals surface area contributed by atoms with Gasteiger partial charge in [0, 0.05) is 34.8 Å². The topological polar surface area (TPSA) is 75.5 Å². The monoisotopic (exact) mass is 534 g/mol. The molecule has 37 heavy (non-hydrogen) atoms. The lowest BCUT2D eigenvalue weighted by atomic mass is 10.0. The number of halogens is 2. The van der Waals surface area contributed by atoms with E-state index in [1.165, 1.54) is 0 Å². The zero-order chi connectivity index (χ0) is 26.5. The number of rotatable bonds is 8. The summed E-state index contributed by atoms with van der Waals surface area (Å²) in [6.45, 7) is 6.30. The number of hydrazone groups is 1. The minimum atomic E-state index is -0.734. The van der Waals surface area contributed by atoms with E-state index in [-0.39, 0.29) is 17.7 Å². The Bertz CT molecular complexity index is 1460. The number of fused-ring (bicyclic) bond motifs is 1. The molecule has 3 aromatic carbocycles. The number of amides is 2. The highest BCUT2D eigenvalue weighted by Crippen LogP contribution is 2.25. The van der Waals surface area contributed by atoms with Crippen molar-refractivity contribution >= 4 is 52.1 Å². The van der Waals surface area contributed by atoms with Gasteiger partial charge in [-0.25, -0.2) is 5.43 Å². The minimum Gasteiger partial charge on any atom is -0.342 e. The fraction of sp³-hybridized carbons (Fsp3) is 0.207. The summed E-state index contributed by atoms with van der Waals surface area (Å²) in [6.07, 6.45) is 3.59. The van der Waals surface area contributed by atoms with Crippen molar-refractivity contribution in [1.82, 2.24) is 15.3 Å². The van der Waals surface area contributed by atoms with Gasteiger partial charge in [0.2, 0.25) is 0 Å². The second-order valence-corrected chi connectivity index (χ2v) is 10.1. The highest BCUT2D eigenvalue weighted by molar-refractivity contribution is 6.42. The molecule has 8 heteroatoms. The lowest BCUT2D eigenvalue weighted by Crippen LogP contribution is -2.48. The number of aromatic nitrogens is 1. The van der Waals surface area contributed by atoms with Gasteiger partial charge in [0.25, 0.3) is 11.8 Å². The van der Waals surface area contributed by atoms with Crippen molar-refractivity contribution in [1.29, 1.82) is 0 Å². The molecule has 0 saturated heterocycles. The van der Waals surface area contributed by atoms with Crippen LogP contribution < -0.4 is 10.7 Å². The predicted molar refractivity (Wildman–Crippen MR) is 151 cm³/mol. The molecule has 0 bridgehead atoms. The molecule has 4 aromatic rings. The first-order chi connectivity index (χ1) is 17.7. The van der Waals surface area contributed by atoms with Crippen LogP contribution in [0.1, 0.15) is 40.9 Å². The average molecular weight is 535 g/mol. The van der Waals surface area contributed by atoms with Crippen LogP contribution in [-0.2, 0) is 11.3 Å². The van der Waals surface area contributed by atoms with Crippen molar-refractivity contribution in [3.8, 4) is 0 Å². The fourth-order valence-electron chi connectivity index (χ4n) is 4.04. The summed E-state index contributed by atoms with van der Waals surface area (Å²) < 4.78 is 2.09. The van der Waals surface area contributed by atoms with Gasteiger partial charge >= 0.3 is 0 Å². The molecule has 4 rings (SSSR count). The molecule has 6 nitrogen and oxygen atoms in total. The van der Waals surface area contributed by atoms with Crippen LogP contribution in [0.3, 0.4) is 0 Å². The standard InChI is InChI=1S/C29H28Cl2N4O2/c1-18(2)27(33-28(36)21-11-8-19(3)9-12-21)29(37)34-32-15-22-17-35(26-7-5-4-6-23(22)26)16-20-10-13-24(30)25(31)14-20/h4-15,17-18,27H,16H2,1-3H3,(H,33,36)(H,34,37)/b32-15-. The molecule has 0 saturated carbocycles. The smallest absolute Gasteiger partial charge is 0.262 e. The number of aryl methyl sites for hydroxylation is 1. The second kappa shape index (κ2) is 11.6. The molecule has 1 unspecified atom stereocenters. The first kappa shape index (κ1) is 26.5. The Morgan fingerprint density at radius 1 is 1.00 bits per heavy atom. The Labute approximate surface area is 226 Å². The van der Waals surface area contributed by atoms with Crippen LogP contribution in [0.5, 0.6) is 0 Å². The largest absolute Gasteiger partial charge is 0.342 e. The zero-order valence-corrected chi connectivity index (χ0v) is 22.3. The maximum Gasteiger partial charge on any atom is 0.262 e. The molecule has 0 radical (unpaired) electrons. The third-order valence-electron chi connectivity index (χ3n) is 6.08. The van der Waals surface area contributed by atoms with E-state index in [4.69, 9.17) is 23.2 Å². The Morgan fingerprint density at radius 2 is 1.73 bits per heavy atom. The normalized spacial score (nSPS) is 12.3. The van der Waals surface area contributed by atoms with E-state index in [1.807, 2.05) is 75.5 Å². The van der Waals surface area contributed by atoms with E-state index in [9.17, 15) is 9.59 Å². The zero-order valence-electron chi connectivity index (χ0n) is 20.8. The quantitative estimate of drug-likeness (QED) is 0.208. The van der Waals surface area contributed by atoms with Gasteiger partial charge < -0.3 is 9.88 Å². The number of carbonyl (C=O) groups excluding carboxylic acids is 2. The number of nitrogens with one attached hydrogen (secondary N) is 2. The van der Waals surface area contributed by atoms with Crippen LogP contribution >= 0.6 is 23.2 Å². The van der Waals surface area contributed by atoms with Gasteiger partial charge in [0.05, 0.1) is 16.3 Å².